The quantitative estimate of drug-likeness (QED) is 0.311. The van der Waals surface area contributed by atoms with Gasteiger partial charge in [-0.05, 0) is 53.6 Å². The van der Waals surface area contributed by atoms with Crippen molar-refractivity contribution in [2.45, 2.75) is 4.75 Å². The molecule has 10 heteroatoms. The predicted molar refractivity (Wildman–Crippen MR) is 114 cm³/mol. The van der Waals surface area contributed by atoms with Crippen LogP contribution in [0.4, 0.5) is 0 Å². The molecule has 0 amide bonds. The van der Waals surface area contributed by atoms with Gasteiger partial charge in [0.15, 0.2) is 4.75 Å². The lowest BCUT2D eigenvalue weighted by Gasteiger charge is -2.34. The summed E-state index contributed by atoms with van der Waals surface area (Å²) in [6, 6.07) is 11.4. The van der Waals surface area contributed by atoms with Crippen molar-refractivity contribution in [1.29, 1.82) is 0 Å². The second-order valence-corrected chi connectivity index (χ2v) is 9.40. The summed E-state index contributed by atoms with van der Waals surface area (Å²) in [4.78, 5) is 0. The molecule has 0 saturated heterocycles. The molecule has 0 aliphatic heterocycles. The van der Waals surface area contributed by atoms with E-state index in [9.17, 15) is 23.2 Å². The van der Waals surface area contributed by atoms with Gasteiger partial charge >= 0.3 is 0 Å². The molecule has 1 atom stereocenters. The minimum Gasteiger partial charge on any atom is -0.508 e. The fourth-order valence-corrected chi connectivity index (χ4v) is 5.87. The molecule has 0 radical (unpaired) electrons. The highest BCUT2D eigenvalue weighted by Crippen LogP contribution is 2.51. The highest BCUT2D eigenvalue weighted by molar-refractivity contribution is 7.87. The summed E-state index contributed by atoms with van der Waals surface area (Å²) in [6.45, 7) is 0. The number of halogens is 4. The van der Waals surface area contributed by atoms with Gasteiger partial charge in [-0.3, -0.25) is 4.55 Å². The summed E-state index contributed by atoms with van der Waals surface area (Å²) >= 11 is 24.7. The van der Waals surface area contributed by atoms with Crippen molar-refractivity contribution in [3.8, 4) is 11.5 Å². The molecule has 0 saturated carbocycles. The zero-order valence-corrected chi connectivity index (χ0v) is 18.1. The first-order chi connectivity index (χ1) is 13.5. The molecule has 3 aromatic rings. The SMILES string of the molecule is O=S(=O)(O)C(c1cccc(Cl)c1)(c1cc(O)cc(Cl)c1)c1c(Cl)cc(O)cc1Cl. The Bertz CT molecular complexity index is 1170. The monoisotopic (exact) mass is 492 g/mol. The minimum absolute atomic E-state index is 0.000997. The van der Waals surface area contributed by atoms with Crippen LogP contribution < -0.4 is 0 Å². The summed E-state index contributed by atoms with van der Waals surface area (Å²) < 4.78 is 34.1. The van der Waals surface area contributed by atoms with Crippen LogP contribution >= 0.6 is 46.4 Å². The fourth-order valence-electron chi connectivity index (χ4n) is 3.26. The zero-order valence-electron chi connectivity index (χ0n) is 14.3. The van der Waals surface area contributed by atoms with E-state index >= 15 is 0 Å². The maximum atomic E-state index is 13.0. The molecule has 0 fully saturated rings. The van der Waals surface area contributed by atoms with Crippen LogP contribution in [-0.4, -0.2) is 23.2 Å². The molecule has 0 aromatic heterocycles. The van der Waals surface area contributed by atoms with Crippen molar-refractivity contribution >= 4 is 56.5 Å². The Morgan fingerprint density at radius 1 is 0.724 bits per heavy atom. The fraction of sp³-hybridized carbons (Fsp3) is 0.0526. The Hall–Kier alpha value is -1.67. The van der Waals surface area contributed by atoms with Crippen LogP contribution in [-0.2, 0) is 14.9 Å². The number of phenols is 2. The van der Waals surface area contributed by atoms with Gasteiger partial charge in [0.2, 0.25) is 0 Å². The molecule has 0 spiro atoms. The van der Waals surface area contributed by atoms with E-state index in [-0.39, 0.29) is 48.3 Å². The summed E-state index contributed by atoms with van der Waals surface area (Å²) in [5.74, 6) is -0.665. The second kappa shape index (κ2) is 7.87. The molecule has 1 unspecified atom stereocenters. The molecular weight excluding hydrogens is 482 g/mol. The lowest BCUT2D eigenvalue weighted by atomic mass is 9.83. The Morgan fingerprint density at radius 2 is 1.28 bits per heavy atom. The van der Waals surface area contributed by atoms with Crippen LogP contribution in [0.15, 0.2) is 54.6 Å². The maximum absolute atomic E-state index is 13.0. The highest BCUT2D eigenvalue weighted by Gasteiger charge is 2.51. The summed E-state index contributed by atoms with van der Waals surface area (Å²) in [6.07, 6.45) is 0. The lowest BCUT2D eigenvalue weighted by molar-refractivity contribution is 0.455. The standard InChI is InChI=1S/C19H12Cl4O5S/c20-12-3-1-2-10(4-12)19(29(26,27)28,11-5-13(21)7-14(24)6-11)18-16(22)8-15(25)9-17(18)23/h1-9,24-25H,(H,26,27,28). The molecule has 3 rings (SSSR count). The van der Waals surface area contributed by atoms with Crippen molar-refractivity contribution in [2.24, 2.45) is 0 Å². The van der Waals surface area contributed by atoms with Gasteiger partial charge in [0.25, 0.3) is 10.1 Å². The van der Waals surface area contributed by atoms with Gasteiger partial charge in [0.1, 0.15) is 11.5 Å². The summed E-state index contributed by atoms with van der Waals surface area (Å²) in [7, 11) is -5.07. The van der Waals surface area contributed by atoms with Gasteiger partial charge in [-0.2, -0.15) is 8.42 Å². The zero-order chi connectivity index (χ0) is 21.6. The Labute approximate surface area is 186 Å². The van der Waals surface area contributed by atoms with E-state index in [0.29, 0.717) is 0 Å². The van der Waals surface area contributed by atoms with Gasteiger partial charge in [0, 0.05) is 15.6 Å². The molecule has 0 bridgehead atoms. The van der Waals surface area contributed by atoms with Gasteiger partial charge in [-0.15, -0.1) is 0 Å². The van der Waals surface area contributed by atoms with E-state index in [0.717, 1.165) is 18.2 Å². The van der Waals surface area contributed by atoms with Crippen molar-refractivity contribution in [2.75, 3.05) is 0 Å². The predicted octanol–water partition coefficient (Wildman–Crippen LogP) is 5.89. The molecule has 152 valence electrons. The molecule has 0 aliphatic carbocycles. The van der Waals surface area contributed by atoms with Crippen LogP contribution in [0.1, 0.15) is 16.7 Å². The molecule has 5 nitrogen and oxygen atoms in total. The smallest absolute Gasteiger partial charge is 0.283 e. The van der Waals surface area contributed by atoms with Crippen LogP contribution in [0.2, 0.25) is 20.1 Å². The van der Waals surface area contributed by atoms with Crippen LogP contribution in [0, 0.1) is 0 Å². The highest BCUT2D eigenvalue weighted by atomic mass is 35.5. The van der Waals surface area contributed by atoms with E-state index in [4.69, 9.17) is 46.4 Å². The lowest BCUT2D eigenvalue weighted by Crippen LogP contribution is -2.39. The summed E-state index contributed by atoms with van der Waals surface area (Å²) in [5, 5.41) is 19.5. The van der Waals surface area contributed by atoms with Crippen LogP contribution in [0.25, 0.3) is 0 Å². The molecule has 0 heterocycles. The van der Waals surface area contributed by atoms with E-state index in [1.165, 1.54) is 36.4 Å². The first-order valence-electron chi connectivity index (χ1n) is 7.88. The van der Waals surface area contributed by atoms with Crippen molar-refractivity contribution in [3.63, 3.8) is 0 Å². The van der Waals surface area contributed by atoms with Crippen molar-refractivity contribution in [3.05, 3.63) is 91.4 Å². The Balaban J connectivity index is 2.63. The van der Waals surface area contributed by atoms with E-state index < -0.39 is 14.9 Å². The van der Waals surface area contributed by atoms with Crippen LogP contribution in [0.3, 0.4) is 0 Å². The van der Waals surface area contributed by atoms with E-state index in [1.54, 1.807) is 0 Å². The van der Waals surface area contributed by atoms with Gasteiger partial charge < -0.3 is 10.2 Å². The third kappa shape index (κ3) is 3.89. The van der Waals surface area contributed by atoms with Gasteiger partial charge in [0.05, 0.1) is 10.0 Å². The molecule has 0 aliphatic rings. The molecule has 3 aromatic carbocycles. The van der Waals surface area contributed by atoms with Gasteiger partial charge in [-0.25, -0.2) is 0 Å². The number of hydrogen-bond donors (Lipinski definition) is 3. The first kappa shape index (κ1) is 22.0. The number of rotatable bonds is 4. The molecular formula is C19H12Cl4O5S. The summed E-state index contributed by atoms with van der Waals surface area (Å²) in [5.41, 5.74) is -0.393. The average molecular weight is 494 g/mol. The maximum Gasteiger partial charge on any atom is 0.283 e. The number of phenolic OH excluding ortho intramolecular Hbond substituents is 2. The second-order valence-electron chi connectivity index (χ2n) is 6.15. The van der Waals surface area contributed by atoms with Gasteiger partial charge in [-0.1, -0.05) is 58.5 Å². The Morgan fingerprint density at radius 3 is 1.79 bits per heavy atom. The number of benzene rings is 3. The number of hydrogen-bond acceptors (Lipinski definition) is 4. The molecule has 29 heavy (non-hydrogen) atoms. The van der Waals surface area contributed by atoms with Crippen molar-refractivity contribution < 1.29 is 23.2 Å². The first-order valence-corrected chi connectivity index (χ1v) is 10.8. The van der Waals surface area contributed by atoms with E-state index in [2.05, 4.69) is 0 Å². The average Bonchev–Trinajstić information content (AvgIpc) is 2.55. The third-order valence-electron chi connectivity index (χ3n) is 4.29. The minimum atomic E-state index is -5.07. The largest absolute Gasteiger partial charge is 0.508 e. The van der Waals surface area contributed by atoms with Crippen molar-refractivity contribution in [1.82, 2.24) is 0 Å². The normalized spacial score (nSPS) is 13.8. The van der Waals surface area contributed by atoms with Crippen LogP contribution in [0.5, 0.6) is 11.5 Å². The topological polar surface area (TPSA) is 94.8 Å². The third-order valence-corrected chi connectivity index (χ3v) is 6.78. The van der Waals surface area contributed by atoms with E-state index in [1.807, 2.05) is 0 Å². The number of aromatic hydroxyl groups is 2. The Kier molecular flexibility index (Phi) is 5.98. The molecule has 3 N–H and O–H groups in total.